The first-order valence-electron chi connectivity index (χ1n) is 14.5. The third-order valence-corrected chi connectivity index (χ3v) is 12.4. The van der Waals surface area contributed by atoms with Crippen molar-refractivity contribution in [2.24, 2.45) is 34.5 Å². The van der Waals surface area contributed by atoms with Crippen molar-refractivity contribution in [2.75, 3.05) is 13.7 Å². The molecule has 41 heavy (non-hydrogen) atoms. The molecule has 8 nitrogen and oxygen atoms in total. The van der Waals surface area contributed by atoms with Crippen LogP contribution in [0.1, 0.15) is 72.2 Å². The quantitative estimate of drug-likeness (QED) is 0.264. The molecule has 1 saturated heterocycles. The third kappa shape index (κ3) is 4.64. The number of aliphatic hydroxyl groups is 3. The van der Waals surface area contributed by atoms with Gasteiger partial charge in [0.15, 0.2) is 0 Å². The molecule has 1 radical (unpaired) electrons. The summed E-state index contributed by atoms with van der Waals surface area (Å²) in [4.78, 5) is 29.0. The summed E-state index contributed by atoms with van der Waals surface area (Å²) in [6.45, 7) is 13.1. The first kappa shape index (κ1) is 33.7. The van der Waals surface area contributed by atoms with Crippen molar-refractivity contribution in [1.82, 2.24) is 5.32 Å². The monoisotopic (exact) mass is 802 g/mol. The number of fused-ring (bicyclic) bond motifs is 5. The van der Waals surface area contributed by atoms with Crippen molar-refractivity contribution in [1.29, 1.82) is 0 Å². The Morgan fingerprint density at radius 1 is 1.24 bits per heavy atom. The molecule has 11 atom stereocenters. The van der Waals surface area contributed by atoms with Gasteiger partial charge in [0, 0.05) is 79.0 Å². The van der Waals surface area contributed by atoms with Crippen LogP contribution in [0.5, 0.6) is 0 Å². The van der Waals surface area contributed by atoms with E-state index in [0.717, 1.165) is 16.0 Å². The molecule has 2 heterocycles. The van der Waals surface area contributed by atoms with Gasteiger partial charge in [-0.25, -0.2) is 0 Å². The summed E-state index contributed by atoms with van der Waals surface area (Å²) < 4.78 is 11.9. The minimum absolute atomic E-state index is 0. The predicted octanol–water partition coefficient (Wildman–Crippen LogP) is 3.41. The van der Waals surface area contributed by atoms with E-state index in [1.807, 2.05) is 66.1 Å². The van der Waals surface area contributed by atoms with Crippen LogP contribution in [-0.2, 0) is 19.1 Å². The number of rotatable bonds is 5. The number of esters is 1. The fourth-order valence-corrected chi connectivity index (χ4v) is 10.0. The van der Waals surface area contributed by atoms with E-state index in [4.69, 9.17) is 9.47 Å². The Bertz CT molecular complexity index is 1220. The van der Waals surface area contributed by atoms with Gasteiger partial charge in [-0.15, -0.1) is 11.3 Å². The van der Waals surface area contributed by atoms with Crippen LogP contribution in [0.4, 0.5) is 0 Å². The fourth-order valence-electron chi connectivity index (χ4n) is 9.10. The molecule has 225 valence electrons. The fraction of sp³-hybridized carbons (Fsp3) is 0.742. The van der Waals surface area contributed by atoms with Crippen LogP contribution >= 0.6 is 11.3 Å². The molecule has 0 aromatic carbocycles. The van der Waals surface area contributed by atoms with Gasteiger partial charge >= 0.3 is 5.97 Å². The minimum Gasteiger partial charge on any atom is -0.457 e. The van der Waals surface area contributed by atoms with Crippen molar-refractivity contribution >= 4 is 23.1 Å². The van der Waals surface area contributed by atoms with E-state index in [9.17, 15) is 24.9 Å². The SMILES string of the molecule is CN[C@@H](c1cccs1)[C@@H](C)C(=O)O[C@H]1C[C@@]2(O)[C@@H](C)C3[C@]4(O)CO[C@@H]4C[C@H](O)[C@@]3(C)C(=O)[C@H](C)C(=C1C)C2(C)C.[Ac]. The maximum atomic E-state index is 14.4. The van der Waals surface area contributed by atoms with Crippen LogP contribution in [0.15, 0.2) is 28.7 Å². The molecule has 5 rings (SSSR count). The zero-order valence-corrected chi connectivity index (χ0v) is 31.0. The van der Waals surface area contributed by atoms with Gasteiger partial charge in [0.1, 0.15) is 17.5 Å². The second-order valence-corrected chi connectivity index (χ2v) is 14.5. The zero-order valence-electron chi connectivity index (χ0n) is 25.4. The number of hydrogen-bond donors (Lipinski definition) is 4. The number of ether oxygens (including phenoxy) is 2. The molecule has 1 unspecified atom stereocenters. The molecule has 1 aromatic rings. The maximum Gasteiger partial charge on any atom is 0.311 e. The summed E-state index contributed by atoms with van der Waals surface area (Å²) in [5.74, 6) is -3.05. The molecule has 10 heteroatoms. The molecule has 0 spiro atoms. The second kappa shape index (κ2) is 11.3. The molecule has 3 aliphatic carbocycles. The summed E-state index contributed by atoms with van der Waals surface area (Å²) >= 11 is 1.57. The van der Waals surface area contributed by atoms with Gasteiger partial charge in [0.25, 0.3) is 0 Å². The predicted molar refractivity (Wildman–Crippen MR) is 151 cm³/mol. The standard InChI is InChI=1S/C31H45NO7S.Ac/c1-15-19(39-27(35)17(3)24(32-8)20-10-9-11-40-20)13-31(37)18(4)25-29(7,21(33)12-22-30(25,36)14-38-22)26(34)16(2)23(15)28(31,5)6;/h9-11,16-19,21-22,24-25,32-33,36-37H,12-14H2,1-8H3;/t16-,17-,18+,19+,21+,22-,24-,25?,29-,30+,31-;/m1./s1. The van der Waals surface area contributed by atoms with E-state index in [1.165, 1.54) is 0 Å². The Balaban J connectivity index is 0.00000387. The number of thiophene rings is 1. The van der Waals surface area contributed by atoms with Crippen LogP contribution in [0.3, 0.4) is 0 Å². The summed E-state index contributed by atoms with van der Waals surface area (Å²) in [7, 11) is 1.82. The summed E-state index contributed by atoms with van der Waals surface area (Å²) in [6.07, 6.45) is -2.05. The first-order valence-corrected chi connectivity index (χ1v) is 15.4. The van der Waals surface area contributed by atoms with E-state index in [2.05, 4.69) is 5.32 Å². The van der Waals surface area contributed by atoms with Crippen LogP contribution in [-0.4, -0.2) is 70.2 Å². The second-order valence-electron chi connectivity index (χ2n) is 13.5. The summed E-state index contributed by atoms with van der Waals surface area (Å²) in [6, 6.07) is 3.72. The Morgan fingerprint density at radius 3 is 2.44 bits per heavy atom. The van der Waals surface area contributed by atoms with Gasteiger partial charge in [-0.3, -0.25) is 9.59 Å². The molecule has 3 fully saturated rings. The van der Waals surface area contributed by atoms with Gasteiger partial charge in [0.05, 0.1) is 41.8 Å². The minimum atomic E-state index is -1.44. The first-order chi connectivity index (χ1) is 18.6. The van der Waals surface area contributed by atoms with Crippen LogP contribution < -0.4 is 5.32 Å². The largest absolute Gasteiger partial charge is 0.457 e. The third-order valence-electron chi connectivity index (χ3n) is 11.4. The van der Waals surface area contributed by atoms with E-state index < -0.39 is 64.0 Å². The van der Waals surface area contributed by atoms with Crippen molar-refractivity contribution in [3.05, 3.63) is 33.5 Å². The number of ketones is 1. The smallest absolute Gasteiger partial charge is 0.311 e. The topological polar surface area (TPSA) is 125 Å². The molecule has 1 aliphatic heterocycles. The van der Waals surface area contributed by atoms with Crippen molar-refractivity contribution in [2.45, 2.75) is 96.9 Å². The Kier molecular flexibility index (Phi) is 9.30. The van der Waals surface area contributed by atoms with Gasteiger partial charge in [0.2, 0.25) is 0 Å². The Labute approximate surface area is 283 Å². The molecule has 1 aromatic heterocycles. The zero-order chi connectivity index (χ0) is 29.6. The average molecular weight is 803 g/mol. The maximum absolute atomic E-state index is 14.4. The number of carbonyl (C=O) groups excluding carboxylic acids is 2. The molecule has 2 bridgehead atoms. The van der Waals surface area contributed by atoms with Crippen molar-refractivity contribution < 1.29 is 78.4 Å². The van der Waals surface area contributed by atoms with Gasteiger partial charge in [-0.05, 0) is 49.4 Å². The molecule has 0 amide bonds. The van der Waals surface area contributed by atoms with E-state index in [1.54, 1.807) is 18.3 Å². The van der Waals surface area contributed by atoms with Gasteiger partial charge in [-0.1, -0.05) is 40.7 Å². The van der Waals surface area contributed by atoms with Crippen LogP contribution in [0, 0.1) is 78.6 Å². The molecule has 2 saturated carbocycles. The Morgan fingerprint density at radius 2 is 1.90 bits per heavy atom. The van der Waals surface area contributed by atoms with Crippen LogP contribution in [0.25, 0.3) is 0 Å². The molecule has 4 N–H and O–H groups in total. The number of Topliss-reactive ketones (excluding diaryl/α,β-unsaturated/α-hetero) is 1. The molecular formula is C31H45AcNO7S. The van der Waals surface area contributed by atoms with Crippen molar-refractivity contribution in [3.8, 4) is 0 Å². The normalized spacial score (nSPS) is 42.9. The van der Waals surface area contributed by atoms with E-state index in [-0.39, 0.29) is 81.3 Å². The number of carbonyl (C=O) groups is 2. The van der Waals surface area contributed by atoms with Crippen LogP contribution in [0.2, 0.25) is 0 Å². The van der Waals surface area contributed by atoms with Gasteiger partial charge in [-0.2, -0.15) is 0 Å². The van der Waals surface area contributed by atoms with E-state index >= 15 is 0 Å². The van der Waals surface area contributed by atoms with E-state index in [0.29, 0.717) is 0 Å². The van der Waals surface area contributed by atoms with Gasteiger partial charge < -0.3 is 30.1 Å². The molecule has 4 aliphatic rings. The molecular weight excluding hydrogens is 757 g/mol. The summed E-state index contributed by atoms with van der Waals surface area (Å²) in [5.41, 5.74) is -3.40. The number of aliphatic hydroxyl groups excluding tert-OH is 1. The Hall–Kier alpha value is -0.178. The number of nitrogens with one attached hydrogen (secondary N) is 1. The summed E-state index contributed by atoms with van der Waals surface area (Å²) in [5, 5.41) is 41.2. The average Bonchev–Trinajstić information content (AvgIpc) is 3.42. The number of hydrogen-bond acceptors (Lipinski definition) is 9. The van der Waals surface area contributed by atoms with Crippen molar-refractivity contribution in [3.63, 3.8) is 0 Å².